The molecule has 1 saturated heterocycles. The zero-order chi connectivity index (χ0) is 14.8. The summed E-state index contributed by atoms with van der Waals surface area (Å²) in [4.78, 5) is 2.81. The van der Waals surface area contributed by atoms with Crippen LogP contribution in [0.15, 0.2) is 0 Å². The fourth-order valence-electron chi connectivity index (χ4n) is 3.85. The van der Waals surface area contributed by atoms with E-state index in [0.717, 1.165) is 6.04 Å². The minimum absolute atomic E-state index is 0.360. The lowest BCUT2D eigenvalue weighted by molar-refractivity contribution is 0.0753. The molecule has 0 aromatic rings. The van der Waals surface area contributed by atoms with E-state index in [2.05, 4.69) is 55.9 Å². The summed E-state index contributed by atoms with van der Waals surface area (Å²) in [5, 5.41) is 3.80. The Balaban J connectivity index is 2.05. The molecule has 2 aliphatic rings. The Morgan fingerprint density at radius 1 is 1.25 bits per heavy atom. The number of rotatable bonds is 4. The minimum atomic E-state index is 0.360. The lowest BCUT2D eigenvalue weighted by atomic mass is 9.84. The molecular weight excluding hydrogens is 264 g/mol. The second-order valence-electron chi connectivity index (χ2n) is 7.91. The van der Waals surface area contributed by atoms with Crippen LogP contribution in [0.5, 0.6) is 0 Å². The van der Waals surface area contributed by atoms with Gasteiger partial charge in [-0.2, -0.15) is 11.8 Å². The highest BCUT2D eigenvalue weighted by molar-refractivity contribution is 8.00. The molecular formula is C17H34N2S. The summed E-state index contributed by atoms with van der Waals surface area (Å²) >= 11 is 2.13. The molecule has 2 atom stereocenters. The van der Waals surface area contributed by atoms with E-state index in [0.29, 0.717) is 16.2 Å². The van der Waals surface area contributed by atoms with Crippen LogP contribution in [0.1, 0.15) is 59.8 Å². The first-order valence-electron chi connectivity index (χ1n) is 8.43. The third kappa shape index (κ3) is 3.72. The summed E-state index contributed by atoms with van der Waals surface area (Å²) in [7, 11) is 0. The van der Waals surface area contributed by atoms with Crippen LogP contribution in [-0.4, -0.2) is 47.6 Å². The van der Waals surface area contributed by atoms with E-state index in [9.17, 15) is 0 Å². The smallest absolute Gasteiger partial charge is 0.0284 e. The third-order valence-corrected chi connectivity index (χ3v) is 6.89. The number of piperazine rings is 1. The van der Waals surface area contributed by atoms with Gasteiger partial charge in [-0.25, -0.2) is 0 Å². The Kier molecular flexibility index (Phi) is 5.47. The maximum absolute atomic E-state index is 3.80. The van der Waals surface area contributed by atoms with Crippen LogP contribution in [-0.2, 0) is 0 Å². The zero-order valence-electron chi connectivity index (χ0n) is 14.2. The Bertz CT molecular complexity index is 305. The first-order valence-corrected chi connectivity index (χ1v) is 9.65. The molecule has 0 bridgehead atoms. The molecule has 20 heavy (non-hydrogen) atoms. The van der Waals surface area contributed by atoms with E-state index in [-0.39, 0.29) is 0 Å². The molecule has 2 unspecified atom stereocenters. The predicted molar refractivity (Wildman–Crippen MR) is 91.6 cm³/mol. The average molecular weight is 299 g/mol. The van der Waals surface area contributed by atoms with Crippen LogP contribution in [0.25, 0.3) is 0 Å². The van der Waals surface area contributed by atoms with Gasteiger partial charge in [-0.15, -0.1) is 0 Å². The summed E-state index contributed by atoms with van der Waals surface area (Å²) in [5.74, 6) is 0. The molecule has 0 aromatic carbocycles. The highest BCUT2D eigenvalue weighted by Crippen LogP contribution is 2.41. The van der Waals surface area contributed by atoms with Gasteiger partial charge in [0.2, 0.25) is 0 Å². The fourth-order valence-corrected chi connectivity index (χ4v) is 4.84. The van der Waals surface area contributed by atoms with E-state index in [1.807, 2.05) is 0 Å². The van der Waals surface area contributed by atoms with Gasteiger partial charge in [0.15, 0.2) is 0 Å². The van der Waals surface area contributed by atoms with Crippen LogP contribution >= 0.6 is 11.8 Å². The van der Waals surface area contributed by atoms with Gasteiger partial charge in [-0.3, -0.25) is 4.90 Å². The van der Waals surface area contributed by atoms with Gasteiger partial charge in [-0.1, -0.05) is 40.5 Å². The molecule has 2 fully saturated rings. The standard InChI is InChI=1S/C17H34N2S/c1-6-14-11-18-15(16(2,3)4)12-19(14)13-17(20-5)9-7-8-10-17/h14-15,18H,6-13H2,1-5H3. The van der Waals surface area contributed by atoms with Gasteiger partial charge in [0.25, 0.3) is 0 Å². The van der Waals surface area contributed by atoms with E-state index >= 15 is 0 Å². The first-order chi connectivity index (χ1) is 9.40. The molecule has 0 aromatic heterocycles. The van der Waals surface area contributed by atoms with Gasteiger partial charge in [0.1, 0.15) is 0 Å². The topological polar surface area (TPSA) is 15.3 Å². The van der Waals surface area contributed by atoms with Crippen LogP contribution < -0.4 is 5.32 Å². The molecule has 2 rings (SSSR count). The molecule has 0 radical (unpaired) electrons. The van der Waals surface area contributed by atoms with Crippen molar-refractivity contribution in [2.24, 2.45) is 5.41 Å². The van der Waals surface area contributed by atoms with Crippen LogP contribution in [0, 0.1) is 5.41 Å². The maximum atomic E-state index is 3.80. The molecule has 0 spiro atoms. The summed E-state index contributed by atoms with van der Waals surface area (Å²) < 4.78 is 0.549. The quantitative estimate of drug-likeness (QED) is 0.851. The van der Waals surface area contributed by atoms with Crippen molar-refractivity contribution in [1.29, 1.82) is 0 Å². The Labute approximate surface area is 130 Å². The van der Waals surface area contributed by atoms with Gasteiger partial charge in [-0.05, 0) is 30.9 Å². The van der Waals surface area contributed by atoms with Crippen molar-refractivity contribution < 1.29 is 0 Å². The van der Waals surface area contributed by atoms with Crippen LogP contribution in [0.4, 0.5) is 0 Å². The van der Waals surface area contributed by atoms with E-state index in [4.69, 9.17) is 0 Å². The van der Waals surface area contributed by atoms with Gasteiger partial charge in [0.05, 0.1) is 0 Å². The molecule has 118 valence electrons. The molecule has 1 N–H and O–H groups in total. The average Bonchev–Trinajstić information content (AvgIpc) is 2.87. The highest BCUT2D eigenvalue weighted by Gasteiger charge is 2.40. The van der Waals surface area contributed by atoms with Crippen LogP contribution in [0.2, 0.25) is 0 Å². The van der Waals surface area contributed by atoms with Crippen molar-refractivity contribution >= 4 is 11.8 Å². The molecule has 2 nitrogen and oxygen atoms in total. The van der Waals surface area contributed by atoms with Gasteiger partial charge < -0.3 is 5.32 Å². The van der Waals surface area contributed by atoms with Crippen LogP contribution in [0.3, 0.4) is 0 Å². The Morgan fingerprint density at radius 2 is 1.90 bits per heavy atom. The maximum Gasteiger partial charge on any atom is 0.0284 e. The van der Waals surface area contributed by atoms with Crippen molar-refractivity contribution in [2.75, 3.05) is 25.9 Å². The summed E-state index contributed by atoms with van der Waals surface area (Å²) in [6, 6.07) is 1.36. The van der Waals surface area contributed by atoms with Crippen molar-refractivity contribution in [3.8, 4) is 0 Å². The minimum Gasteiger partial charge on any atom is -0.311 e. The van der Waals surface area contributed by atoms with E-state index in [1.54, 1.807) is 0 Å². The molecule has 1 aliphatic carbocycles. The number of hydrogen-bond acceptors (Lipinski definition) is 3. The lowest BCUT2D eigenvalue weighted by Crippen LogP contribution is -2.62. The largest absolute Gasteiger partial charge is 0.311 e. The molecule has 0 amide bonds. The number of nitrogens with zero attached hydrogens (tertiary/aromatic N) is 1. The molecule has 3 heteroatoms. The second kappa shape index (κ2) is 6.58. The van der Waals surface area contributed by atoms with E-state index < -0.39 is 0 Å². The first kappa shape index (κ1) is 16.6. The number of nitrogens with one attached hydrogen (secondary N) is 1. The van der Waals surface area contributed by atoms with Gasteiger partial charge >= 0.3 is 0 Å². The van der Waals surface area contributed by atoms with Crippen molar-refractivity contribution in [3.05, 3.63) is 0 Å². The van der Waals surface area contributed by atoms with Gasteiger partial charge in [0, 0.05) is 36.5 Å². The van der Waals surface area contributed by atoms with Crippen molar-refractivity contribution in [1.82, 2.24) is 10.2 Å². The molecule has 1 heterocycles. The SMILES string of the molecule is CCC1CNC(C(C)(C)C)CN1CC1(SC)CCCC1. The van der Waals surface area contributed by atoms with E-state index in [1.165, 1.54) is 51.7 Å². The normalized spacial score (nSPS) is 31.6. The lowest BCUT2D eigenvalue weighted by Gasteiger charge is -2.47. The summed E-state index contributed by atoms with van der Waals surface area (Å²) in [6.45, 7) is 13.2. The van der Waals surface area contributed by atoms with Crippen molar-refractivity contribution in [2.45, 2.75) is 76.6 Å². The third-order valence-electron chi connectivity index (χ3n) is 5.49. The van der Waals surface area contributed by atoms with Crippen molar-refractivity contribution in [3.63, 3.8) is 0 Å². The number of hydrogen-bond donors (Lipinski definition) is 1. The fraction of sp³-hybridized carbons (Fsp3) is 1.00. The number of thioether (sulfide) groups is 1. The second-order valence-corrected chi connectivity index (χ2v) is 9.19. The zero-order valence-corrected chi connectivity index (χ0v) is 15.0. The molecule has 1 saturated carbocycles. The Hall–Kier alpha value is 0.270. The monoisotopic (exact) mass is 298 g/mol. The summed E-state index contributed by atoms with van der Waals surface area (Å²) in [5.41, 5.74) is 0.360. The predicted octanol–water partition coefficient (Wildman–Crippen LogP) is 3.76. The Morgan fingerprint density at radius 3 is 2.40 bits per heavy atom. The summed E-state index contributed by atoms with van der Waals surface area (Å²) in [6.07, 6.45) is 9.33. The highest BCUT2D eigenvalue weighted by atomic mass is 32.2. The molecule has 1 aliphatic heterocycles.